The van der Waals surface area contributed by atoms with Crippen LogP contribution in [0.4, 0.5) is 4.39 Å². The molecule has 0 atom stereocenters. The molecule has 0 saturated carbocycles. The van der Waals surface area contributed by atoms with Gasteiger partial charge in [0.15, 0.2) is 0 Å². The summed E-state index contributed by atoms with van der Waals surface area (Å²) in [5.41, 5.74) is 2.40. The predicted octanol–water partition coefficient (Wildman–Crippen LogP) is 5.14. The van der Waals surface area contributed by atoms with Gasteiger partial charge in [-0.1, -0.05) is 41.5 Å². The number of benzene rings is 1. The maximum absolute atomic E-state index is 14.4. The van der Waals surface area contributed by atoms with Crippen molar-refractivity contribution in [2.45, 2.75) is 59.3 Å². The second-order valence-electron chi connectivity index (χ2n) is 6.33. The lowest BCUT2D eigenvalue weighted by Crippen LogP contribution is -2.06. The Morgan fingerprint density at radius 2 is 1.50 bits per heavy atom. The van der Waals surface area contributed by atoms with Crippen molar-refractivity contribution >= 4 is 10.9 Å². The Kier molecular flexibility index (Phi) is 4.07. The smallest absolute Gasteiger partial charge is 0.149 e. The van der Waals surface area contributed by atoms with E-state index in [1.165, 1.54) is 0 Å². The molecule has 0 fully saturated rings. The van der Waals surface area contributed by atoms with Crippen LogP contribution in [0.15, 0.2) is 12.1 Å². The van der Waals surface area contributed by atoms with Crippen LogP contribution in [0.3, 0.4) is 0 Å². The van der Waals surface area contributed by atoms with Crippen LogP contribution in [0.5, 0.6) is 0 Å². The van der Waals surface area contributed by atoms with E-state index in [4.69, 9.17) is 0 Å². The van der Waals surface area contributed by atoms with Crippen molar-refractivity contribution in [1.29, 1.82) is 0 Å². The molecule has 0 N–H and O–H groups in total. The van der Waals surface area contributed by atoms with Gasteiger partial charge in [-0.15, -0.1) is 0 Å². The number of aromatic nitrogens is 2. The van der Waals surface area contributed by atoms with Crippen molar-refractivity contribution in [3.8, 4) is 0 Å². The van der Waals surface area contributed by atoms with Gasteiger partial charge in [0.2, 0.25) is 0 Å². The monoisotopic (exact) mass is 274 g/mol. The van der Waals surface area contributed by atoms with E-state index in [9.17, 15) is 4.39 Å². The molecule has 0 spiro atoms. The van der Waals surface area contributed by atoms with Crippen molar-refractivity contribution in [1.82, 2.24) is 9.97 Å². The van der Waals surface area contributed by atoms with E-state index in [0.717, 1.165) is 22.5 Å². The zero-order chi connectivity index (χ0) is 15.0. The lowest BCUT2D eigenvalue weighted by Gasteiger charge is -2.15. The molecule has 1 aromatic carbocycles. The van der Waals surface area contributed by atoms with Gasteiger partial charge in [0.1, 0.15) is 17.2 Å². The second-order valence-corrected chi connectivity index (χ2v) is 6.33. The highest BCUT2D eigenvalue weighted by Crippen LogP contribution is 2.29. The van der Waals surface area contributed by atoms with Crippen LogP contribution in [-0.4, -0.2) is 9.97 Å². The largest absolute Gasteiger partial charge is 0.237 e. The van der Waals surface area contributed by atoms with Gasteiger partial charge in [-0.2, -0.15) is 0 Å². The summed E-state index contributed by atoms with van der Waals surface area (Å²) >= 11 is 0. The maximum atomic E-state index is 14.4. The predicted molar refractivity (Wildman–Crippen MR) is 81.8 cm³/mol. The van der Waals surface area contributed by atoms with E-state index in [2.05, 4.69) is 37.7 Å². The van der Waals surface area contributed by atoms with E-state index in [1.807, 2.05) is 19.9 Å². The molecule has 0 aliphatic rings. The first-order valence-electron chi connectivity index (χ1n) is 7.32. The molecule has 1 heterocycles. The molecule has 20 heavy (non-hydrogen) atoms. The third kappa shape index (κ3) is 2.67. The van der Waals surface area contributed by atoms with E-state index < -0.39 is 0 Å². The first kappa shape index (κ1) is 14.9. The fraction of sp³-hybridized carbons (Fsp3) is 0.529. The average molecular weight is 274 g/mol. The molecule has 108 valence electrons. The minimum Gasteiger partial charge on any atom is -0.237 e. The first-order chi connectivity index (χ1) is 9.31. The molecule has 1 aromatic heterocycles. The van der Waals surface area contributed by atoms with Crippen molar-refractivity contribution in [2.24, 2.45) is 0 Å². The average Bonchev–Trinajstić information content (AvgIpc) is 2.36. The zero-order valence-corrected chi connectivity index (χ0v) is 13.2. The quantitative estimate of drug-likeness (QED) is 0.774. The minimum absolute atomic E-state index is 0.195. The van der Waals surface area contributed by atoms with Crippen LogP contribution in [-0.2, 0) is 0 Å². The summed E-state index contributed by atoms with van der Waals surface area (Å²) in [6, 6.07) is 3.65. The molecule has 0 amide bonds. The normalized spacial score (nSPS) is 12.1. The van der Waals surface area contributed by atoms with Gasteiger partial charge in [-0.05, 0) is 29.5 Å². The summed E-state index contributed by atoms with van der Waals surface area (Å²) < 4.78 is 14.4. The molecular formula is C17H23FN2. The fourth-order valence-corrected chi connectivity index (χ4v) is 2.28. The number of halogens is 1. The number of rotatable bonds is 3. The van der Waals surface area contributed by atoms with E-state index in [-0.39, 0.29) is 17.7 Å². The summed E-state index contributed by atoms with van der Waals surface area (Å²) in [6.07, 6.45) is 0. The molecule has 0 bridgehead atoms. The molecule has 2 rings (SSSR count). The molecule has 2 nitrogen and oxygen atoms in total. The Morgan fingerprint density at radius 1 is 0.850 bits per heavy atom. The highest BCUT2D eigenvalue weighted by molar-refractivity contribution is 5.83. The highest BCUT2D eigenvalue weighted by atomic mass is 19.1. The Labute approximate surface area is 120 Å². The van der Waals surface area contributed by atoms with E-state index in [1.54, 1.807) is 6.07 Å². The second kappa shape index (κ2) is 5.47. The summed E-state index contributed by atoms with van der Waals surface area (Å²) in [5, 5.41) is 0.855. The molecule has 0 aliphatic heterocycles. The summed E-state index contributed by atoms with van der Waals surface area (Å²) in [5.74, 6) is 1.22. The van der Waals surface area contributed by atoms with E-state index in [0.29, 0.717) is 11.4 Å². The van der Waals surface area contributed by atoms with Gasteiger partial charge in [0, 0.05) is 11.3 Å². The summed E-state index contributed by atoms with van der Waals surface area (Å²) in [7, 11) is 0. The van der Waals surface area contributed by atoms with Crippen molar-refractivity contribution in [3.63, 3.8) is 0 Å². The highest BCUT2D eigenvalue weighted by Gasteiger charge is 2.17. The topological polar surface area (TPSA) is 25.8 Å². The first-order valence-corrected chi connectivity index (χ1v) is 7.32. The van der Waals surface area contributed by atoms with Gasteiger partial charge in [0.05, 0.1) is 5.69 Å². The molecule has 0 saturated heterocycles. The number of fused-ring (bicyclic) bond motifs is 1. The van der Waals surface area contributed by atoms with Crippen molar-refractivity contribution in [3.05, 3.63) is 35.0 Å². The molecular weight excluding hydrogens is 251 g/mol. The Morgan fingerprint density at radius 3 is 2.00 bits per heavy atom. The van der Waals surface area contributed by atoms with Crippen LogP contribution in [0.2, 0.25) is 0 Å². The summed E-state index contributed by atoms with van der Waals surface area (Å²) in [4.78, 5) is 9.10. The molecule has 2 aromatic rings. The van der Waals surface area contributed by atoms with E-state index >= 15 is 0 Å². The zero-order valence-electron chi connectivity index (χ0n) is 13.2. The van der Waals surface area contributed by atoms with Gasteiger partial charge in [-0.25, -0.2) is 14.4 Å². The number of hydrogen-bond acceptors (Lipinski definition) is 2. The van der Waals surface area contributed by atoms with Crippen LogP contribution in [0, 0.1) is 5.82 Å². The Balaban J connectivity index is 2.83. The molecule has 0 aliphatic carbocycles. The van der Waals surface area contributed by atoms with Gasteiger partial charge in [-0.3, -0.25) is 0 Å². The third-order valence-electron chi connectivity index (χ3n) is 3.55. The Hall–Kier alpha value is -1.51. The fourth-order valence-electron chi connectivity index (χ4n) is 2.28. The van der Waals surface area contributed by atoms with Crippen LogP contribution >= 0.6 is 0 Å². The third-order valence-corrected chi connectivity index (χ3v) is 3.55. The van der Waals surface area contributed by atoms with Crippen molar-refractivity contribution < 1.29 is 4.39 Å². The molecule has 0 radical (unpaired) electrons. The van der Waals surface area contributed by atoms with Crippen LogP contribution in [0.25, 0.3) is 10.9 Å². The SMILES string of the molecule is CC(C)c1cc(F)c2nc(C(C)C)nc(C(C)C)c2c1. The van der Waals surface area contributed by atoms with Gasteiger partial charge >= 0.3 is 0 Å². The number of hydrogen-bond donors (Lipinski definition) is 0. The van der Waals surface area contributed by atoms with Gasteiger partial charge in [0.25, 0.3) is 0 Å². The standard InChI is InChI=1S/C17H23FN2/c1-9(2)12-7-13-15(10(3)4)19-17(11(5)6)20-16(13)14(18)8-12/h7-11H,1-6H3. The van der Waals surface area contributed by atoms with Crippen LogP contribution in [0.1, 0.15) is 76.4 Å². The van der Waals surface area contributed by atoms with Crippen LogP contribution < -0.4 is 0 Å². The molecule has 0 unspecified atom stereocenters. The van der Waals surface area contributed by atoms with Crippen molar-refractivity contribution in [2.75, 3.05) is 0 Å². The van der Waals surface area contributed by atoms with Gasteiger partial charge < -0.3 is 0 Å². The summed E-state index contributed by atoms with van der Waals surface area (Å²) in [6.45, 7) is 12.4. The Bertz CT molecular complexity index is 630. The number of nitrogens with zero attached hydrogens (tertiary/aromatic N) is 2. The maximum Gasteiger partial charge on any atom is 0.149 e. The lowest BCUT2D eigenvalue weighted by atomic mass is 9.97. The minimum atomic E-state index is -0.239. The molecule has 3 heteroatoms. The lowest BCUT2D eigenvalue weighted by molar-refractivity contribution is 0.628.